The lowest BCUT2D eigenvalue weighted by Gasteiger charge is -2.65. The van der Waals surface area contributed by atoms with Crippen molar-refractivity contribution in [2.75, 3.05) is 0 Å². The highest BCUT2D eigenvalue weighted by atomic mass is 14.7. The van der Waals surface area contributed by atoms with Gasteiger partial charge in [-0.05, 0) is 165 Å². The van der Waals surface area contributed by atoms with Crippen molar-refractivity contribution < 1.29 is 0 Å². The van der Waals surface area contributed by atoms with Crippen molar-refractivity contribution >= 4 is 0 Å². The van der Waals surface area contributed by atoms with Crippen LogP contribution in [0.5, 0.6) is 0 Å². The average molecular weight is 878 g/mol. The van der Waals surface area contributed by atoms with Crippen LogP contribution in [0.15, 0.2) is 60.2 Å². The molecule has 3 fully saturated rings. The first kappa shape index (κ1) is 54.8. The third-order valence-corrected chi connectivity index (χ3v) is 16.9. The topological polar surface area (TPSA) is 0 Å². The van der Waals surface area contributed by atoms with Crippen LogP contribution < -0.4 is 0 Å². The maximum atomic E-state index is 2.94. The Morgan fingerprint density at radius 1 is 0.516 bits per heavy atom. The Bertz CT molecular complexity index is 1750. The minimum Gasteiger partial charge on any atom is -0.0783 e. The van der Waals surface area contributed by atoms with Gasteiger partial charge in [-0.3, -0.25) is 0 Å². The Morgan fingerprint density at radius 3 is 1.33 bits per heavy atom. The minimum absolute atomic E-state index is 0.0207. The summed E-state index contributed by atoms with van der Waals surface area (Å²) in [4.78, 5) is 0. The number of hydrogen-bond acceptors (Lipinski definition) is 0. The van der Waals surface area contributed by atoms with Gasteiger partial charge in [0.25, 0.3) is 0 Å². The summed E-state index contributed by atoms with van der Waals surface area (Å²) in [7, 11) is 0. The molecule has 0 nitrogen and oxygen atoms in total. The Morgan fingerprint density at radius 2 is 0.953 bits per heavy atom. The molecule has 0 heterocycles. The van der Waals surface area contributed by atoms with Gasteiger partial charge in [-0.2, -0.15) is 0 Å². The van der Waals surface area contributed by atoms with Crippen LogP contribution in [0.1, 0.15) is 259 Å². The fourth-order valence-electron chi connectivity index (χ4n) is 14.9. The third kappa shape index (κ3) is 13.7. The third-order valence-electron chi connectivity index (χ3n) is 16.9. The molecule has 7 rings (SSSR count). The lowest BCUT2D eigenvalue weighted by atomic mass is 9.39. The molecule has 2 bridgehead atoms. The van der Waals surface area contributed by atoms with Crippen molar-refractivity contribution in [2.24, 2.45) is 67.5 Å². The highest BCUT2D eigenvalue weighted by molar-refractivity contribution is 5.41. The van der Waals surface area contributed by atoms with E-state index in [-0.39, 0.29) is 16.2 Å². The van der Waals surface area contributed by atoms with E-state index in [2.05, 4.69) is 221 Å². The number of fused-ring (bicyclic) bond motifs is 3. The van der Waals surface area contributed by atoms with E-state index in [4.69, 9.17) is 0 Å². The molecule has 5 aliphatic rings. The van der Waals surface area contributed by atoms with Crippen molar-refractivity contribution in [3.05, 3.63) is 82.4 Å². The van der Waals surface area contributed by atoms with E-state index in [1.807, 2.05) is 5.57 Å². The van der Waals surface area contributed by atoms with Crippen LogP contribution in [0.2, 0.25) is 0 Å². The molecule has 364 valence electrons. The van der Waals surface area contributed by atoms with E-state index in [1.165, 1.54) is 92.9 Å². The zero-order valence-corrected chi connectivity index (χ0v) is 47.4. The quantitative estimate of drug-likeness (QED) is 0.263. The number of allylic oxidation sites excluding steroid dienone is 2. The van der Waals surface area contributed by atoms with Gasteiger partial charge >= 0.3 is 0 Å². The lowest BCUT2D eigenvalue weighted by molar-refractivity contribution is -0.142. The van der Waals surface area contributed by atoms with Crippen molar-refractivity contribution in [2.45, 2.75) is 253 Å². The van der Waals surface area contributed by atoms with Crippen molar-refractivity contribution in [1.29, 1.82) is 0 Å². The molecule has 0 saturated heterocycles. The summed E-state index contributed by atoms with van der Waals surface area (Å²) >= 11 is 0. The zero-order chi connectivity index (χ0) is 48.9. The smallest absolute Gasteiger partial charge is 0.0146 e. The largest absolute Gasteiger partial charge is 0.0783 e. The van der Waals surface area contributed by atoms with E-state index in [0.29, 0.717) is 37.9 Å². The molecule has 7 unspecified atom stereocenters. The van der Waals surface area contributed by atoms with Crippen molar-refractivity contribution in [3.63, 3.8) is 0 Å². The predicted molar refractivity (Wildman–Crippen MR) is 287 cm³/mol. The fraction of sp³-hybridized carbons (Fsp3) is 0.781. The molecule has 1 spiro atoms. The molecule has 0 N–H and O–H groups in total. The van der Waals surface area contributed by atoms with Crippen LogP contribution in [0, 0.1) is 67.5 Å². The molecular weight excluding hydrogens is 769 g/mol. The van der Waals surface area contributed by atoms with Crippen LogP contribution in [-0.2, 0) is 16.2 Å². The SMILES string of the molecule is CC(C)(C)CC(C)(C)C.CC(C)(C)c1ccc(C(C)(C)c2ccc(C(C)(C)C)cc2)cc1.CC(C)C1=CC23CCC(CC(C)(C)C)C1CC2C1(C)CCCC(C)(CC(C)(C)C)C1CC3. The molecule has 3 saturated carbocycles. The predicted octanol–water partition coefficient (Wildman–Crippen LogP) is 20.2. The van der Waals surface area contributed by atoms with E-state index in [1.54, 1.807) is 0 Å². The first-order valence-corrected chi connectivity index (χ1v) is 26.7. The summed E-state index contributed by atoms with van der Waals surface area (Å²) in [6.45, 7) is 57.3. The number of benzene rings is 2. The Kier molecular flexibility index (Phi) is 16.2. The Balaban J connectivity index is 0.000000244. The Hall–Kier alpha value is -1.82. The van der Waals surface area contributed by atoms with Crippen LogP contribution >= 0.6 is 0 Å². The molecule has 7 atom stereocenters. The molecule has 64 heavy (non-hydrogen) atoms. The normalized spacial score (nSPS) is 29.0. The molecule has 0 aromatic heterocycles. The van der Waals surface area contributed by atoms with Crippen molar-refractivity contribution in [3.8, 4) is 0 Å². The second-order valence-corrected chi connectivity index (χ2v) is 30.9. The summed E-state index contributed by atoms with van der Waals surface area (Å²) in [5.74, 6) is 4.32. The number of rotatable bonds is 5. The van der Waals surface area contributed by atoms with Crippen molar-refractivity contribution in [1.82, 2.24) is 0 Å². The van der Waals surface area contributed by atoms with Gasteiger partial charge in [-0.1, -0.05) is 233 Å². The summed E-state index contributed by atoms with van der Waals surface area (Å²) < 4.78 is 0. The average Bonchev–Trinajstić information content (AvgIpc) is 3.34. The van der Waals surface area contributed by atoms with Gasteiger partial charge in [0.15, 0.2) is 0 Å². The van der Waals surface area contributed by atoms with Gasteiger partial charge in [-0.15, -0.1) is 0 Å². The van der Waals surface area contributed by atoms with Gasteiger partial charge < -0.3 is 0 Å². The second-order valence-electron chi connectivity index (χ2n) is 30.9. The standard InChI is InChI=1S/C32H56.C23H32.C9H20/c1-22(2)25-20-32-16-12-23(19-28(3,4)5)24(25)18-27(32)31(10)15-11-14-30(9,21-29(6,7)8)26(31)13-17-32;1-21(2,3)17-9-13-19(14-10-17)23(7,8)20-15-11-18(12-16-20)22(4,5)6;1-8(2,3)7-9(4,5)6/h20,22-24,26-27H,11-19,21H2,1-10H3;9-16H,1-8H3;7H2,1-6H3. The second kappa shape index (κ2) is 18.9. The van der Waals surface area contributed by atoms with Gasteiger partial charge in [-0.25, -0.2) is 0 Å². The maximum Gasteiger partial charge on any atom is 0.0146 e. The monoisotopic (exact) mass is 877 g/mol. The van der Waals surface area contributed by atoms with Crippen LogP contribution in [0.3, 0.4) is 0 Å². The highest BCUT2D eigenvalue weighted by Crippen LogP contribution is 2.72. The summed E-state index contributed by atoms with van der Waals surface area (Å²) in [5, 5.41) is 0. The molecule has 0 radical (unpaired) electrons. The van der Waals surface area contributed by atoms with Crippen LogP contribution in [0.25, 0.3) is 0 Å². The molecule has 5 aliphatic carbocycles. The molecule has 0 aliphatic heterocycles. The molecule has 2 aromatic carbocycles. The summed E-state index contributed by atoms with van der Waals surface area (Å²) in [6, 6.07) is 18.3. The molecule has 0 amide bonds. The van der Waals surface area contributed by atoms with Crippen LogP contribution in [0.4, 0.5) is 0 Å². The molecule has 0 heteroatoms. The first-order valence-electron chi connectivity index (χ1n) is 26.7. The first-order chi connectivity index (χ1) is 28.7. The van der Waals surface area contributed by atoms with Gasteiger partial charge in [0.05, 0.1) is 0 Å². The van der Waals surface area contributed by atoms with E-state index in [9.17, 15) is 0 Å². The van der Waals surface area contributed by atoms with E-state index < -0.39 is 0 Å². The summed E-state index contributed by atoms with van der Waals surface area (Å²) in [6.07, 6.45) is 18.9. The van der Waals surface area contributed by atoms with Gasteiger partial charge in [0.1, 0.15) is 0 Å². The molecule has 2 aromatic rings. The minimum atomic E-state index is 0.0207. The molecular formula is C64H108. The highest BCUT2D eigenvalue weighted by Gasteiger charge is 2.63. The Labute approximate surface area is 401 Å². The maximum absolute atomic E-state index is 2.94. The van der Waals surface area contributed by atoms with Gasteiger partial charge in [0.2, 0.25) is 0 Å². The van der Waals surface area contributed by atoms with Gasteiger partial charge in [0, 0.05) is 5.41 Å². The van der Waals surface area contributed by atoms with E-state index in [0.717, 1.165) is 29.6 Å². The fourth-order valence-corrected chi connectivity index (χ4v) is 14.9. The van der Waals surface area contributed by atoms with E-state index >= 15 is 0 Å². The number of hydrogen-bond donors (Lipinski definition) is 0. The summed E-state index contributed by atoms with van der Waals surface area (Å²) in [5.41, 5.74) is 11.3. The zero-order valence-electron chi connectivity index (χ0n) is 47.4. The van der Waals surface area contributed by atoms with Crippen LogP contribution in [-0.4, -0.2) is 0 Å². The lowest BCUT2D eigenvalue weighted by Crippen LogP contribution is -2.57.